The summed E-state index contributed by atoms with van der Waals surface area (Å²) in [6.45, 7) is 1.97. The maximum Gasteiger partial charge on any atom is 0.224 e. The van der Waals surface area contributed by atoms with Gasteiger partial charge in [0, 0.05) is 29.2 Å². The number of carbonyl (C=O) groups excluding carboxylic acids is 1. The minimum Gasteiger partial charge on any atom is -0.326 e. The zero-order chi connectivity index (χ0) is 15.5. The molecular formula is C17H16BrN3O. The van der Waals surface area contributed by atoms with E-state index in [9.17, 15) is 4.79 Å². The molecule has 0 saturated heterocycles. The number of amides is 1. The number of pyridine rings is 1. The summed E-state index contributed by atoms with van der Waals surface area (Å²) in [6, 6.07) is 11.7. The van der Waals surface area contributed by atoms with Gasteiger partial charge in [-0.15, -0.1) is 0 Å². The Hall–Kier alpha value is -2.14. The number of halogens is 1. The number of anilines is 1. The Labute approximate surface area is 137 Å². The first-order valence-corrected chi connectivity index (χ1v) is 7.90. The van der Waals surface area contributed by atoms with E-state index in [0.29, 0.717) is 12.8 Å². The van der Waals surface area contributed by atoms with Crippen LogP contribution in [0, 0.1) is 6.92 Å². The first-order valence-electron chi connectivity index (χ1n) is 7.10. The lowest BCUT2D eigenvalue weighted by Crippen LogP contribution is -2.14. The lowest BCUT2D eigenvalue weighted by Gasteiger charge is -2.08. The number of hydrogen-bond acceptors (Lipinski definition) is 2. The zero-order valence-electron chi connectivity index (χ0n) is 12.2. The summed E-state index contributed by atoms with van der Waals surface area (Å²) >= 11 is 3.42. The second kappa shape index (κ2) is 6.32. The normalized spacial score (nSPS) is 10.8. The Morgan fingerprint density at radius 1 is 1.32 bits per heavy atom. The smallest absolute Gasteiger partial charge is 0.224 e. The molecule has 1 amide bonds. The quantitative estimate of drug-likeness (QED) is 0.767. The van der Waals surface area contributed by atoms with Gasteiger partial charge in [-0.3, -0.25) is 4.79 Å². The number of imidazole rings is 1. The average Bonchev–Trinajstić information content (AvgIpc) is 2.91. The van der Waals surface area contributed by atoms with Gasteiger partial charge in [0.15, 0.2) is 0 Å². The molecule has 3 aromatic rings. The molecule has 2 heterocycles. The standard InChI is InChI=1S/C17H16BrN3O/c1-12-10-13(18)5-6-15(12)20-17(22)8-7-16-19-11-14-4-2-3-9-21(14)16/h2-6,9-11H,7-8H2,1H3,(H,20,22). The van der Waals surface area contributed by atoms with Gasteiger partial charge in [0.2, 0.25) is 5.91 Å². The molecule has 22 heavy (non-hydrogen) atoms. The highest BCUT2D eigenvalue weighted by Crippen LogP contribution is 2.20. The molecule has 0 fully saturated rings. The third-order valence-corrected chi connectivity index (χ3v) is 4.05. The number of nitrogens with one attached hydrogen (secondary N) is 1. The predicted octanol–water partition coefficient (Wildman–Crippen LogP) is 3.98. The number of nitrogens with zero attached hydrogens (tertiary/aromatic N) is 2. The van der Waals surface area contributed by atoms with Gasteiger partial charge >= 0.3 is 0 Å². The van der Waals surface area contributed by atoms with Crippen LogP contribution in [0.4, 0.5) is 5.69 Å². The molecule has 0 bridgehead atoms. The van der Waals surface area contributed by atoms with Crippen LogP contribution >= 0.6 is 15.9 Å². The fourth-order valence-electron chi connectivity index (χ4n) is 2.39. The van der Waals surface area contributed by atoms with Crippen LogP contribution in [0.5, 0.6) is 0 Å². The number of carbonyl (C=O) groups is 1. The molecule has 0 aliphatic rings. The molecule has 0 saturated carbocycles. The second-order valence-corrected chi connectivity index (χ2v) is 6.09. The minimum absolute atomic E-state index is 0.00176. The molecule has 1 aromatic carbocycles. The molecule has 0 atom stereocenters. The Kier molecular flexibility index (Phi) is 4.24. The van der Waals surface area contributed by atoms with Gasteiger partial charge in [-0.1, -0.05) is 22.0 Å². The van der Waals surface area contributed by atoms with Crippen LogP contribution in [-0.2, 0) is 11.2 Å². The van der Waals surface area contributed by atoms with Crippen LogP contribution in [0.25, 0.3) is 5.52 Å². The van der Waals surface area contributed by atoms with Gasteiger partial charge in [0.25, 0.3) is 0 Å². The van der Waals surface area contributed by atoms with Crippen molar-refractivity contribution in [3.8, 4) is 0 Å². The summed E-state index contributed by atoms with van der Waals surface area (Å²) in [5.41, 5.74) is 2.93. The molecule has 112 valence electrons. The van der Waals surface area contributed by atoms with Gasteiger partial charge in [-0.05, 0) is 42.8 Å². The van der Waals surface area contributed by atoms with Crippen LogP contribution in [-0.4, -0.2) is 15.3 Å². The third kappa shape index (κ3) is 3.20. The van der Waals surface area contributed by atoms with Gasteiger partial charge in [0.1, 0.15) is 5.82 Å². The number of hydrogen-bond donors (Lipinski definition) is 1. The molecule has 0 aliphatic carbocycles. The van der Waals surface area contributed by atoms with E-state index in [1.807, 2.05) is 60.1 Å². The second-order valence-electron chi connectivity index (χ2n) is 5.18. The highest BCUT2D eigenvalue weighted by atomic mass is 79.9. The summed E-state index contributed by atoms with van der Waals surface area (Å²) < 4.78 is 3.02. The molecule has 0 unspecified atom stereocenters. The molecule has 3 rings (SSSR count). The van der Waals surface area contributed by atoms with Gasteiger partial charge in [0.05, 0.1) is 11.7 Å². The third-order valence-electron chi connectivity index (χ3n) is 3.55. The largest absolute Gasteiger partial charge is 0.326 e. The molecule has 0 radical (unpaired) electrons. The predicted molar refractivity (Wildman–Crippen MR) is 91.0 cm³/mol. The van der Waals surface area contributed by atoms with Crippen molar-refractivity contribution in [2.75, 3.05) is 5.32 Å². The molecule has 4 nitrogen and oxygen atoms in total. The highest BCUT2D eigenvalue weighted by Gasteiger charge is 2.08. The van der Waals surface area contributed by atoms with Crippen LogP contribution in [0.2, 0.25) is 0 Å². The van der Waals surface area contributed by atoms with Crippen molar-refractivity contribution in [2.45, 2.75) is 19.8 Å². The van der Waals surface area contributed by atoms with Gasteiger partial charge in [-0.25, -0.2) is 4.98 Å². The SMILES string of the molecule is Cc1cc(Br)ccc1NC(=O)CCc1ncc2ccccn12. The van der Waals surface area contributed by atoms with Crippen molar-refractivity contribution < 1.29 is 4.79 Å². The summed E-state index contributed by atoms with van der Waals surface area (Å²) in [5.74, 6) is 0.899. The van der Waals surface area contributed by atoms with Crippen molar-refractivity contribution in [3.63, 3.8) is 0 Å². The topological polar surface area (TPSA) is 46.4 Å². The van der Waals surface area contributed by atoms with Gasteiger partial charge < -0.3 is 9.72 Å². The first kappa shape index (κ1) is 14.8. The molecule has 1 N–H and O–H groups in total. The van der Waals surface area contributed by atoms with Gasteiger partial charge in [-0.2, -0.15) is 0 Å². The fraction of sp³-hybridized carbons (Fsp3) is 0.176. The van der Waals surface area contributed by atoms with E-state index in [-0.39, 0.29) is 5.91 Å². The van der Waals surface area contributed by atoms with Crippen LogP contribution < -0.4 is 5.32 Å². The van der Waals surface area contributed by atoms with E-state index < -0.39 is 0 Å². The minimum atomic E-state index is -0.00176. The molecule has 5 heteroatoms. The first-order chi connectivity index (χ1) is 10.6. The van der Waals surface area contributed by atoms with E-state index in [2.05, 4.69) is 26.2 Å². The van der Waals surface area contributed by atoms with Crippen LogP contribution in [0.1, 0.15) is 17.8 Å². The molecule has 0 spiro atoms. The van der Waals surface area contributed by atoms with Crippen LogP contribution in [0.15, 0.2) is 53.3 Å². The number of rotatable bonds is 4. The maximum atomic E-state index is 12.1. The summed E-state index contributed by atoms with van der Waals surface area (Å²) in [6.07, 6.45) is 4.81. The van der Waals surface area contributed by atoms with Crippen LogP contribution in [0.3, 0.4) is 0 Å². The van der Waals surface area contributed by atoms with Crippen molar-refractivity contribution in [1.82, 2.24) is 9.38 Å². The number of aromatic nitrogens is 2. The summed E-state index contributed by atoms with van der Waals surface area (Å²) in [5, 5.41) is 2.95. The van der Waals surface area contributed by atoms with E-state index in [1.165, 1.54) is 0 Å². The number of benzene rings is 1. The Morgan fingerprint density at radius 3 is 3.00 bits per heavy atom. The maximum absolute atomic E-state index is 12.1. The fourth-order valence-corrected chi connectivity index (χ4v) is 2.87. The molecule has 0 aliphatic heterocycles. The Morgan fingerprint density at radius 2 is 2.18 bits per heavy atom. The molecule has 2 aromatic heterocycles. The average molecular weight is 358 g/mol. The lowest BCUT2D eigenvalue weighted by molar-refractivity contribution is -0.116. The monoisotopic (exact) mass is 357 g/mol. The van der Waals surface area contributed by atoms with E-state index in [0.717, 1.165) is 27.1 Å². The van der Waals surface area contributed by atoms with Crippen molar-refractivity contribution in [2.24, 2.45) is 0 Å². The van der Waals surface area contributed by atoms with Crippen molar-refractivity contribution in [1.29, 1.82) is 0 Å². The molecular weight excluding hydrogens is 342 g/mol. The van der Waals surface area contributed by atoms with E-state index in [4.69, 9.17) is 0 Å². The lowest BCUT2D eigenvalue weighted by atomic mass is 10.2. The highest BCUT2D eigenvalue weighted by molar-refractivity contribution is 9.10. The van der Waals surface area contributed by atoms with E-state index >= 15 is 0 Å². The summed E-state index contributed by atoms with van der Waals surface area (Å²) in [4.78, 5) is 16.5. The number of aryl methyl sites for hydroxylation is 2. The Balaban J connectivity index is 1.65. The van der Waals surface area contributed by atoms with Crippen molar-refractivity contribution >= 4 is 33.0 Å². The zero-order valence-corrected chi connectivity index (χ0v) is 13.8. The Bertz CT molecular complexity index is 826. The van der Waals surface area contributed by atoms with E-state index in [1.54, 1.807) is 0 Å². The number of fused-ring (bicyclic) bond motifs is 1. The van der Waals surface area contributed by atoms with Crippen molar-refractivity contribution in [3.05, 3.63) is 64.7 Å². The summed E-state index contributed by atoms with van der Waals surface area (Å²) in [7, 11) is 0.